The Bertz CT molecular complexity index is 937. The van der Waals surface area contributed by atoms with Crippen LogP contribution in [0, 0.1) is 11.8 Å². The molecular weight excluding hydrogens is 348 g/mol. The van der Waals surface area contributed by atoms with Crippen molar-refractivity contribution in [2.24, 2.45) is 0 Å². The minimum Gasteiger partial charge on any atom is -0.490 e. The molecule has 3 aromatic rings. The van der Waals surface area contributed by atoms with Crippen molar-refractivity contribution < 1.29 is 14.2 Å². The van der Waals surface area contributed by atoms with Gasteiger partial charge in [-0.15, -0.1) is 0 Å². The van der Waals surface area contributed by atoms with E-state index in [2.05, 4.69) is 11.8 Å². The van der Waals surface area contributed by atoms with Crippen LogP contribution in [0.5, 0.6) is 11.5 Å². The van der Waals surface area contributed by atoms with E-state index in [9.17, 15) is 0 Å². The normalized spacial score (nSPS) is 10.2. The molecule has 0 bridgehead atoms. The zero-order valence-electron chi connectivity index (χ0n) is 16.2. The molecule has 0 unspecified atom stereocenters. The molecule has 28 heavy (non-hydrogen) atoms. The first-order chi connectivity index (χ1) is 13.7. The molecule has 0 saturated carbocycles. The Hall–Kier alpha value is -3.22. The summed E-state index contributed by atoms with van der Waals surface area (Å²) < 4.78 is 17.2. The number of ether oxygens (including phenoxy) is 3. The van der Waals surface area contributed by atoms with Gasteiger partial charge in [0, 0.05) is 0 Å². The average molecular weight is 372 g/mol. The molecule has 0 radical (unpaired) electrons. The molecule has 0 atom stereocenters. The van der Waals surface area contributed by atoms with Crippen LogP contribution in [0.3, 0.4) is 0 Å². The summed E-state index contributed by atoms with van der Waals surface area (Å²) in [4.78, 5) is 0. The highest BCUT2D eigenvalue weighted by Crippen LogP contribution is 2.20. The van der Waals surface area contributed by atoms with Crippen LogP contribution in [0.2, 0.25) is 0 Å². The molecule has 3 heteroatoms. The maximum absolute atomic E-state index is 5.83. The van der Waals surface area contributed by atoms with Gasteiger partial charge in [-0.1, -0.05) is 66.4 Å². The van der Waals surface area contributed by atoms with Crippen LogP contribution >= 0.6 is 0 Å². The van der Waals surface area contributed by atoms with E-state index in [-0.39, 0.29) is 12.9 Å². The Morgan fingerprint density at radius 3 is 1.96 bits per heavy atom. The zero-order chi connectivity index (χ0) is 19.6. The lowest BCUT2D eigenvalue weighted by molar-refractivity contribution is 0.00490. The third-order valence-electron chi connectivity index (χ3n) is 3.88. The molecule has 0 aliphatic carbocycles. The van der Waals surface area contributed by atoms with Crippen molar-refractivity contribution in [2.75, 3.05) is 6.79 Å². The topological polar surface area (TPSA) is 27.7 Å². The number of rotatable bonds is 7. The summed E-state index contributed by atoms with van der Waals surface area (Å²) in [5.41, 5.74) is 2.78. The standard InChI is InChI=1S/C25H24O3/c1-20(2)28-25-15-9-7-13-23(25)17-16-22-12-6-8-14-24(22)27-19-26-18-21-10-4-3-5-11-21/h3-15,20H,18-19H2,1-2H3. The van der Waals surface area contributed by atoms with Gasteiger partial charge in [0.1, 0.15) is 11.5 Å². The van der Waals surface area contributed by atoms with E-state index >= 15 is 0 Å². The van der Waals surface area contributed by atoms with Crippen LogP contribution in [0.4, 0.5) is 0 Å². The van der Waals surface area contributed by atoms with E-state index < -0.39 is 0 Å². The third kappa shape index (κ3) is 5.90. The lowest BCUT2D eigenvalue weighted by Gasteiger charge is -2.11. The second kappa shape index (κ2) is 10.2. The second-order valence-corrected chi connectivity index (χ2v) is 6.51. The van der Waals surface area contributed by atoms with Crippen LogP contribution in [0.1, 0.15) is 30.5 Å². The quantitative estimate of drug-likeness (QED) is 0.315. The number of hydrogen-bond acceptors (Lipinski definition) is 3. The molecule has 0 heterocycles. The highest BCUT2D eigenvalue weighted by Gasteiger charge is 2.04. The van der Waals surface area contributed by atoms with Gasteiger partial charge in [-0.3, -0.25) is 0 Å². The lowest BCUT2D eigenvalue weighted by Crippen LogP contribution is -2.06. The van der Waals surface area contributed by atoms with Gasteiger partial charge in [-0.25, -0.2) is 0 Å². The fourth-order valence-corrected chi connectivity index (χ4v) is 2.60. The van der Waals surface area contributed by atoms with Gasteiger partial charge in [-0.2, -0.15) is 0 Å². The van der Waals surface area contributed by atoms with E-state index in [1.807, 2.05) is 92.7 Å². The SMILES string of the molecule is CC(C)Oc1ccccc1C#Cc1ccccc1OCOCc1ccccc1. The number of hydrogen-bond donors (Lipinski definition) is 0. The van der Waals surface area contributed by atoms with Gasteiger partial charge in [0.2, 0.25) is 0 Å². The van der Waals surface area contributed by atoms with Crippen molar-refractivity contribution in [2.45, 2.75) is 26.6 Å². The van der Waals surface area contributed by atoms with E-state index in [0.717, 1.165) is 22.4 Å². The summed E-state index contributed by atoms with van der Waals surface area (Å²) in [5, 5.41) is 0. The molecule has 0 aliphatic rings. The van der Waals surface area contributed by atoms with Crippen LogP contribution in [0.25, 0.3) is 0 Å². The van der Waals surface area contributed by atoms with Crippen LogP contribution in [-0.4, -0.2) is 12.9 Å². The van der Waals surface area contributed by atoms with Crippen molar-refractivity contribution in [1.29, 1.82) is 0 Å². The van der Waals surface area contributed by atoms with Crippen molar-refractivity contribution in [3.8, 4) is 23.3 Å². The first kappa shape index (κ1) is 19.5. The van der Waals surface area contributed by atoms with Crippen molar-refractivity contribution in [1.82, 2.24) is 0 Å². The molecule has 3 rings (SSSR count). The van der Waals surface area contributed by atoms with Crippen LogP contribution in [0.15, 0.2) is 78.9 Å². The van der Waals surface area contributed by atoms with Crippen molar-refractivity contribution >= 4 is 0 Å². The lowest BCUT2D eigenvalue weighted by atomic mass is 10.1. The van der Waals surface area contributed by atoms with Gasteiger partial charge < -0.3 is 14.2 Å². The number of para-hydroxylation sites is 2. The van der Waals surface area contributed by atoms with E-state index in [1.54, 1.807) is 0 Å². The van der Waals surface area contributed by atoms with E-state index in [0.29, 0.717) is 12.4 Å². The first-order valence-electron chi connectivity index (χ1n) is 9.33. The monoisotopic (exact) mass is 372 g/mol. The smallest absolute Gasteiger partial charge is 0.189 e. The summed E-state index contributed by atoms with van der Waals surface area (Å²) in [6.45, 7) is 4.68. The molecule has 0 amide bonds. The van der Waals surface area contributed by atoms with Crippen LogP contribution < -0.4 is 9.47 Å². The predicted octanol–water partition coefficient (Wildman–Crippen LogP) is 5.43. The Balaban J connectivity index is 1.66. The molecule has 0 aromatic heterocycles. The van der Waals surface area contributed by atoms with Crippen molar-refractivity contribution in [3.05, 3.63) is 95.6 Å². The first-order valence-corrected chi connectivity index (χ1v) is 9.33. The van der Waals surface area contributed by atoms with E-state index in [4.69, 9.17) is 14.2 Å². The second-order valence-electron chi connectivity index (χ2n) is 6.51. The molecule has 0 saturated heterocycles. The third-order valence-corrected chi connectivity index (χ3v) is 3.88. The maximum Gasteiger partial charge on any atom is 0.189 e. The molecular formula is C25H24O3. The summed E-state index contributed by atoms with van der Waals surface area (Å²) in [5.74, 6) is 7.87. The minimum absolute atomic E-state index is 0.0975. The molecule has 0 N–H and O–H groups in total. The fourth-order valence-electron chi connectivity index (χ4n) is 2.60. The van der Waals surface area contributed by atoms with Gasteiger partial charge in [0.15, 0.2) is 6.79 Å². The highest BCUT2D eigenvalue weighted by atomic mass is 16.7. The van der Waals surface area contributed by atoms with E-state index in [1.165, 1.54) is 0 Å². The maximum atomic E-state index is 5.83. The van der Waals surface area contributed by atoms with Gasteiger partial charge in [-0.05, 0) is 43.7 Å². The summed E-state index contributed by atoms with van der Waals surface area (Å²) in [6.07, 6.45) is 0.0975. The molecule has 3 aromatic carbocycles. The minimum atomic E-state index is 0.0975. The number of benzene rings is 3. The van der Waals surface area contributed by atoms with Gasteiger partial charge >= 0.3 is 0 Å². The Kier molecular flexibility index (Phi) is 7.12. The molecule has 0 aliphatic heterocycles. The predicted molar refractivity (Wildman–Crippen MR) is 111 cm³/mol. The largest absolute Gasteiger partial charge is 0.490 e. The molecule has 142 valence electrons. The fraction of sp³-hybridized carbons (Fsp3) is 0.200. The van der Waals surface area contributed by atoms with Gasteiger partial charge in [0.25, 0.3) is 0 Å². The molecule has 0 fully saturated rings. The Morgan fingerprint density at radius 1 is 0.714 bits per heavy atom. The zero-order valence-corrected chi connectivity index (χ0v) is 16.2. The van der Waals surface area contributed by atoms with Crippen LogP contribution in [-0.2, 0) is 11.3 Å². The highest BCUT2D eigenvalue weighted by molar-refractivity contribution is 5.53. The average Bonchev–Trinajstić information content (AvgIpc) is 2.72. The summed E-state index contributed by atoms with van der Waals surface area (Å²) in [6, 6.07) is 25.5. The summed E-state index contributed by atoms with van der Waals surface area (Å²) >= 11 is 0. The van der Waals surface area contributed by atoms with Gasteiger partial charge in [0.05, 0.1) is 23.8 Å². The van der Waals surface area contributed by atoms with Crippen molar-refractivity contribution in [3.63, 3.8) is 0 Å². The molecule has 0 spiro atoms. The Labute approximate surface area is 166 Å². The summed E-state index contributed by atoms with van der Waals surface area (Å²) in [7, 11) is 0. The Morgan fingerprint density at radius 2 is 1.29 bits per heavy atom. The molecule has 3 nitrogen and oxygen atoms in total.